The number of hydrogen-bond donors (Lipinski definition) is 2. The van der Waals surface area contributed by atoms with E-state index < -0.39 is 10.0 Å². The molecule has 2 rings (SSSR count). The third-order valence-electron chi connectivity index (χ3n) is 2.47. The van der Waals surface area contributed by atoms with Crippen LogP contribution in [0.3, 0.4) is 0 Å². The Kier molecular flexibility index (Phi) is 4.46. The molecule has 5 nitrogen and oxygen atoms in total. The zero-order valence-electron chi connectivity index (χ0n) is 9.73. The molecular weight excluding hydrogens is 309 g/mol. The van der Waals surface area contributed by atoms with Crippen LogP contribution in [0.4, 0.5) is 0 Å². The number of aromatic nitrogens is 2. The molecule has 0 saturated carbocycles. The molecular formula is C11H11Cl2N3O2S. The van der Waals surface area contributed by atoms with Gasteiger partial charge in [0, 0.05) is 16.6 Å². The molecule has 0 radical (unpaired) electrons. The van der Waals surface area contributed by atoms with Gasteiger partial charge >= 0.3 is 0 Å². The van der Waals surface area contributed by atoms with Crippen molar-refractivity contribution in [2.75, 3.05) is 6.54 Å². The normalized spacial score (nSPS) is 11.7. The van der Waals surface area contributed by atoms with Crippen molar-refractivity contribution in [3.63, 3.8) is 0 Å². The van der Waals surface area contributed by atoms with Crippen molar-refractivity contribution in [2.45, 2.75) is 11.4 Å². The van der Waals surface area contributed by atoms with Crippen LogP contribution in [0, 0.1) is 0 Å². The van der Waals surface area contributed by atoms with Crippen molar-refractivity contribution in [1.29, 1.82) is 0 Å². The molecule has 0 unspecified atom stereocenters. The first-order valence-corrected chi connectivity index (χ1v) is 7.66. The number of nitrogens with zero attached hydrogens (tertiary/aromatic N) is 1. The molecule has 0 amide bonds. The number of hydrogen-bond acceptors (Lipinski definition) is 3. The molecule has 0 fully saturated rings. The Morgan fingerprint density at radius 2 is 2.05 bits per heavy atom. The van der Waals surface area contributed by atoms with Gasteiger partial charge in [-0.15, -0.1) is 0 Å². The molecule has 0 aliphatic carbocycles. The summed E-state index contributed by atoms with van der Waals surface area (Å²) in [7, 11) is -3.55. The highest BCUT2D eigenvalue weighted by Gasteiger charge is 2.14. The number of nitrogens with one attached hydrogen (secondary N) is 2. The molecule has 1 aromatic heterocycles. The number of halogens is 2. The number of benzene rings is 1. The lowest BCUT2D eigenvalue weighted by Gasteiger charge is -2.06. The second kappa shape index (κ2) is 5.92. The van der Waals surface area contributed by atoms with Gasteiger partial charge in [0.15, 0.2) is 5.03 Å². The highest BCUT2D eigenvalue weighted by Crippen LogP contribution is 2.21. The van der Waals surface area contributed by atoms with Crippen LogP contribution < -0.4 is 4.72 Å². The van der Waals surface area contributed by atoms with Crippen LogP contribution in [0.1, 0.15) is 5.56 Å². The lowest BCUT2D eigenvalue weighted by Crippen LogP contribution is -2.26. The van der Waals surface area contributed by atoms with E-state index in [1.165, 1.54) is 12.3 Å². The maximum Gasteiger partial charge on any atom is 0.257 e. The summed E-state index contributed by atoms with van der Waals surface area (Å²) in [6, 6.07) is 6.50. The first-order chi connectivity index (χ1) is 8.99. The largest absolute Gasteiger partial charge is 0.266 e. The third kappa shape index (κ3) is 3.70. The summed E-state index contributed by atoms with van der Waals surface area (Å²) < 4.78 is 26.0. The predicted octanol–water partition coefficient (Wildman–Crippen LogP) is 2.24. The zero-order valence-corrected chi connectivity index (χ0v) is 12.1. The Morgan fingerprint density at radius 1 is 1.26 bits per heavy atom. The molecule has 2 N–H and O–H groups in total. The fraction of sp³-hybridized carbons (Fsp3) is 0.182. The number of rotatable bonds is 5. The van der Waals surface area contributed by atoms with E-state index in [2.05, 4.69) is 14.9 Å². The summed E-state index contributed by atoms with van der Waals surface area (Å²) in [4.78, 5) is 0. The van der Waals surface area contributed by atoms with Crippen LogP contribution in [0.2, 0.25) is 10.0 Å². The number of H-pyrrole nitrogens is 1. The topological polar surface area (TPSA) is 74.8 Å². The van der Waals surface area contributed by atoms with Gasteiger partial charge < -0.3 is 0 Å². The minimum Gasteiger partial charge on any atom is -0.266 e. The molecule has 0 aliphatic heterocycles. The minimum absolute atomic E-state index is 0.0368. The van der Waals surface area contributed by atoms with Crippen LogP contribution >= 0.6 is 23.2 Å². The SMILES string of the molecule is O=S(=O)(NCCc1ccc(Cl)cc1Cl)c1ccn[nH]1. The zero-order chi connectivity index (χ0) is 13.9. The average molecular weight is 320 g/mol. The number of sulfonamides is 1. The van der Waals surface area contributed by atoms with Gasteiger partial charge in [0.2, 0.25) is 0 Å². The van der Waals surface area contributed by atoms with Crippen LogP contribution in [-0.4, -0.2) is 25.2 Å². The highest BCUT2D eigenvalue weighted by atomic mass is 35.5. The molecule has 0 bridgehead atoms. The van der Waals surface area contributed by atoms with Crippen LogP contribution in [-0.2, 0) is 16.4 Å². The van der Waals surface area contributed by atoms with Gasteiger partial charge in [-0.3, -0.25) is 5.10 Å². The van der Waals surface area contributed by atoms with Gasteiger partial charge in [-0.25, -0.2) is 13.1 Å². The number of aromatic amines is 1. The summed E-state index contributed by atoms with van der Waals surface area (Å²) in [5.74, 6) is 0. The first-order valence-electron chi connectivity index (χ1n) is 5.42. The lowest BCUT2D eigenvalue weighted by molar-refractivity contribution is 0.577. The molecule has 102 valence electrons. The molecule has 0 spiro atoms. The van der Waals surface area contributed by atoms with Crippen LogP contribution in [0.15, 0.2) is 35.5 Å². The van der Waals surface area contributed by atoms with E-state index >= 15 is 0 Å². The Hall–Kier alpha value is -1.08. The second-order valence-electron chi connectivity index (χ2n) is 3.80. The van der Waals surface area contributed by atoms with Crippen molar-refractivity contribution < 1.29 is 8.42 Å². The van der Waals surface area contributed by atoms with E-state index in [0.29, 0.717) is 16.5 Å². The van der Waals surface area contributed by atoms with E-state index in [4.69, 9.17) is 23.2 Å². The van der Waals surface area contributed by atoms with E-state index in [0.717, 1.165) is 5.56 Å². The first kappa shape index (κ1) is 14.3. The van der Waals surface area contributed by atoms with E-state index in [1.54, 1.807) is 18.2 Å². The standard InChI is InChI=1S/C11H11Cl2N3O2S/c12-9-2-1-8(10(13)7-9)3-6-15-19(17,18)11-4-5-14-16-11/h1-2,4-5,7,15H,3,6H2,(H,14,16). The van der Waals surface area contributed by atoms with Gasteiger partial charge in [0.1, 0.15) is 0 Å². The lowest BCUT2D eigenvalue weighted by atomic mass is 10.1. The molecule has 1 heterocycles. The van der Waals surface area contributed by atoms with Gasteiger partial charge in [-0.05, 0) is 30.2 Å². The minimum atomic E-state index is -3.55. The average Bonchev–Trinajstić information content (AvgIpc) is 2.86. The molecule has 8 heteroatoms. The van der Waals surface area contributed by atoms with Gasteiger partial charge in [-0.2, -0.15) is 5.10 Å². The quantitative estimate of drug-likeness (QED) is 0.887. The molecule has 0 atom stereocenters. The Labute approximate surface area is 121 Å². The summed E-state index contributed by atoms with van der Waals surface area (Å²) in [6.45, 7) is 0.239. The Morgan fingerprint density at radius 3 is 2.68 bits per heavy atom. The fourth-order valence-electron chi connectivity index (χ4n) is 1.52. The van der Waals surface area contributed by atoms with Crippen molar-refractivity contribution in [1.82, 2.24) is 14.9 Å². The Balaban J connectivity index is 1.97. The third-order valence-corrected chi connectivity index (χ3v) is 4.44. The van der Waals surface area contributed by atoms with Crippen molar-refractivity contribution >= 4 is 33.2 Å². The predicted molar refractivity (Wildman–Crippen MR) is 73.9 cm³/mol. The van der Waals surface area contributed by atoms with Crippen molar-refractivity contribution in [2.24, 2.45) is 0 Å². The summed E-state index contributed by atoms with van der Waals surface area (Å²) in [5.41, 5.74) is 0.832. The molecule has 2 aromatic rings. The Bertz CT molecular complexity index is 657. The van der Waals surface area contributed by atoms with Crippen molar-refractivity contribution in [3.05, 3.63) is 46.1 Å². The van der Waals surface area contributed by atoms with Crippen LogP contribution in [0.5, 0.6) is 0 Å². The van der Waals surface area contributed by atoms with E-state index in [-0.39, 0.29) is 11.6 Å². The second-order valence-corrected chi connectivity index (χ2v) is 6.38. The van der Waals surface area contributed by atoms with Crippen LogP contribution in [0.25, 0.3) is 0 Å². The monoisotopic (exact) mass is 319 g/mol. The summed E-state index contributed by atoms with van der Waals surface area (Å²) in [6.07, 6.45) is 1.86. The van der Waals surface area contributed by atoms with Gasteiger partial charge in [-0.1, -0.05) is 29.3 Å². The van der Waals surface area contributed by atoms with E-state index in [1.807, 2.05) is 0 Å². The van der Waals surface area contributed by atoms with Gasteiger partial charge in [0.05, 0.1) is 6.20 Å². The molecule has 19 heavy (non-hydrogen) atoms. The summed E-state index contributed by atoms with van der Waals surface area (Å²) >= 11 is 11.8. The maximum absolute atomic E-state index is 11.8. The maximum atomic E-state index is 11.8. The van der Waals surface area contributed by atoms with Crippen molar-refractivity contribution in [3.8, 4) is 0 Å². The highest BCUT2D eigenvalue weighted by molar-refractivity contribution is 7.89. The summed E-state index contributed by atoms with van der Waals surface area (Å²) in [5, 5.41) is 7.11. The molecule has 0 saturated heterocycles. The smallest absolute Gasteiger partial charge is 0.257 e. The molecule has 0 aliphatic rings. The molecule has 1 aromatic carbocycles. The van der Waals surface area contributed by atoms with Gasteiger partial charge in [0.25, 0.3) is 10.0 Å². The fourth-order valence-corrected chi connectivity index (χ4v) is 2.96. The van der Waals surface area contributed by atoms with E-state index in [9.17, 15) is 8.42 Å².